The molecule has 4 nitrogen and oxygen atoms in total. The number of hydrogen-bond acceptors (Lipinski definition) is 4. The van der Waals surface area contributed by atoms with Crippen LogP contribution in [-0.2, 0) is 6.42 Å². The largest absolute Gasteiger partial charge is 0.478 e. The van der Waals surface area contributed by atoms with Crippen molar-refractivity contribution >= 4 is 32.7 Å². The number of carboxylic acid groups (broad SMARTS) is 1. The Balaban J connectivity index is 1.68. The monoisotopic (exact) mass is 298 g/mol. The number of hydrogen-bond donors (Lipinski definition) is 2. The van der Waals surface area contributed by atoms with Gasteiger partial charge in [0.05, 0.1) is 15.8 Å². The van der Waals surface area contributed by atoms with Gasteiger partial charge in [-0.1, -0.05) is 41.7 Å². The smallest absolute Gasteiger partial charge is 0.335 e. The number of rotatable bonds is 5. The first-order valence-electron chi connectivity index (χ1n) is 6.64. The van der Waals surface area contributed by atoms with E-state index >= 15 is 0 Å². The van der Waals surface area contributed by atoms with E-state index in [9.17, 15) is 4.79 Å². The van der Waals surface area contributed by atoms with Crippen molar-refractivity contribution in [3.05, 3.63) is 59.7 Å². The third kappa shape index (κ3) is 3.20. The van der Waals surface area contributed by atoms with Crippen LogP contribution >= 0.6 is 11.3 Å². The molecule has 0 aliphatic carbocycles. The highest BCUT2D eigenvalue weighted by Gasteiger charge is 2.07. The lowest BCUT2D eigenvalue weighted by Crippen LogP contribution is -2.04. The van der Waals surface area contributed by atoms with Crippen molar-refractivity contribution in [2.75, 3.05) is 11.9 Å². The van der Waals surface area contributed by atoms with Crippen molar-refractivity contribution < 1.29 is 9.90 Å². The van der Waals surface area contributed by atoms with E-state index < -0.39 is 5.97 Å². The summed E-state index contributed by atoms with van der Waals surface area (Å²) in [4.78, 5) is 15.4. The molecule has 5 heteroatoms. The molecule has 106 valence electrons. The van der Waals surface area contributed by atoms with Gasteiger partial charge in [0.2, 0.25) is 0 Å². The van der Waals surface area contributed by atoms with Crippen LogP contribution < -0.4 is 5.32 Å². The minimum atomic E-state index is -0.913. The van der Waals surface area contributed by atoms with Gasteiger partial charge in [0.1, 0.15) is 0 Å². The van der Waals surface area contributed by atoms with Crippen molar-refractivity contribution in [3.63, 3.8) is 0 Å². The standard InChI is InChI=1S/C16H14N2O2S/c19-15(20)12-6-7-13-14(10-12)21-16(18-13)17-9-8-11-4-2-1-3-5-11/h1-7,10H,8-9H2,(H,17,18)(H,19,20). The van der Waals surface area contributed by atoms with Crippen LogP contribution in [0.3, 0.4) is 0 Å². The molecule has 21 heavy (non-hydrogen) atoms. The fourth-order valence-electron chi connectivity index (χ4n) is 2.09. The van der Waals surface area contributed by atoms with Gasteiger partial charge in [-0.25, -0.2) is 9.78 Å². The molecule has 0 bridgehead atoms. The summed E-state index contributed by atoms with van der Waals surface area (Å²) >= 11 is 1.48. The van der Waals surface area contributed by atoms with Gasteiger partial charge in [0.25, 0.3) is 0 Å². The molecule has 2 N–H and O–H groups in total. The highest BCUT2D eigenvalue weighted by Crippen LogP contribution is 2.26. The Hall–Kier alpha value is -2.40. The van der Waals surface area contributed by atoms with Crippen molar-refractivity contribution in [1.82, 2.24) is 4.98 Å². The molecule has 1 heterocycles. The molecule has 0 aliphatic heterocycles. The molecule has 2 aromatic carbocycles. The van der Waals surface area contributed by atoms with Crippen molar-refractivity contribution in [2.45, 2.75) is 6.42 Å². The average Bonchev–Trinajstić information content (AvgIpc) is 2.90. The Morgan fingerprint density at radius 1 is 1.19 bits per heavy atom. The molecule has 0 unspecified atom stereocenters. The Kier molecular flexibility index (Phi) is 3.83. The van der Waals surface area contributed by atoms with Crippen LogP contribution in [0.2, 0.25) is 0 Å². The van der Waals surface area contributed by atoms with Crippen LogP contribution in [-0.4, -0.2) is 22.6 Å². The molecular weight excluding hydrogens is 284 g/mol. The lowest BCUT2D eigenvalue weighted by Gasteiger charge is -2.02. The normalized spacial score (nSPS) is 10.7. The Morgan fingerprint density at radius 3 is 2.76 bits per heavy atom. The van der Waals surface area contributed by atoms with Crippen LogP contribution in [0.15, 0.2) is 48.5 Å². The van der Waals surface area contributed by atoms with E-state index in [0.717, 1.165) is 28.3 Å². The van der Waals surface area contributed by atoms with Crippen molar-refractivity contribution in [1.29, 1.82) is 0 Å². The van der Waals surface area contributed by atoms with Crippen LogP contribution in [0.25, 0.3) is 10.2 Å². The van der Waals surface area contributed by atoms with Crippen molar-refractivity contribution in [2.24, 2.45) is 0 Å². The molecule has 0 saturated heterocycles. The van der Waals surface area contributed by atoms with Crippen LogP contribution in [0.1, 0.15) is 15.9 Å². The number of thiazole rings is 1. The first kappa shape index (κ1) is 13.6. The van der Waals surface area contributed by atoms with Gasteiger partial charge in [0.15, 0.2) is 5.13 Å². The minimum absolute atomic E-state index is 0.294. The summed E-state index contributed by atoms with van der Waals surface area (Å²) in [6, 6.07) is 15.2. The summed E-state index contributed by atoms with van der Waals surface area (Å²) in [6.45, 7) is 0.801. The first-order chi connectivity index (χ1) is 10.2. The van der Waals surface area contributed by atoms with Crippen LogP contribution in [0, 0.1) is 0 Å². The Labute approximate surface area is 126 Å². The van der Waals surface area contributed by atoms with Gasteiger partial charge >= 0.3 is 5.97 Å². The van der Waals surface area contributed by atoms with E-state index in [1.165, 1.54) is 16.9 Å². The fourth-order valence-corrected chi connectivity index (χ4v) is 3.02. The second-order valence-corrected chi connectivity index (χ2v) is 5.70. The predicted molar refractivity (Wildman–Crippen MR) is 85.2 cm³/mol. The van der Waals surface area contributed by atoms with Gasteiger partial charge in [0, 0.05) is 6.54 Å². The lowest BCUT2D eigenvalue weighted by atomic mass is 10.1. The maximum absolute atomic E-state index is 10.9. The molecule has 3 rings (SSSR count). The number of nitrogens with one attached hydrogen (secondary N) is 1. The number of fused-ring (bicyclic) bond motifs is 1. The number of carbonyl (C=O) groups is 1. The number of benzene rings is 2. The van der Waals surface area contributed by atoms with Gasteiger partial charge in [-0.15, -0.1) is 0 Å². The number of aromatic carboxylic acids is 1. The Bertz CT molecular complexity index is 768. The van der Waals surface area contributed by atoms with E-state index in [1.807, 2.05) is 18.2 Å². The van der Waals surface area contributed by atoms with Gasteiger partial charge in [-0.05, 0) is 30.2 Å². The molecule has 0 fully saturated rings. The quantitative estimate of drug-likeness (QED) is 0.754. The molecule has 0 atom stereocenters. The van der Waals surface area contributed by atoms with E-state index in [-0.39, 0.29) is 0 Å². The van der Waals surface area contributed by atoms with Crippen LogP contribution in [0.5, 0.6) is 0 Å². The predicted octanol–water partition coefficient (Wildman–Crippen LogP) is 3.65. The molecular formula is C16H14N2O2S. The zero-order valence-corrected chi connectivity index (χ0v) is 12.1. The highest BCUT2D eigenvalue weighted by molar-refractivity contribution is 7.22. The van der Waals surface area contributed by atoms with E-state index in [4.69, 9.17) is 5.11 Å². The summed E-state index contributed by atoms with van der Waals surface area (Å²) in [6.07, 6.45) is 0.928. The number of aromatic nitrogens is 1. The zero-order valence-electron chi connectivity index (χ0n) is 11.2. The maximum Gasteiger partial charge on any atom is 0.335 e. The summed E-state index contributed by atoms with van der Waals surface area (Å²) < 4.78 is 0.886. The van der Waals surface area contributed by atoms with Crippen LogP contribution in [0.4, 0.5) is 5.13 Å². The van der Waals surface area contributed by atoms with Gasteiger partial charge in [-0.2, -0.15) is 0 Å². The number of nitrogens with zero attached hydrogens (tertiary/aromatic N) is 1. The first-order valence-corrected chi connectivity index (χ1v) is 7.46. The van der Waals surface area contributed by atoms with E-state index in [0.29, 0.717) is 5.56 Å². The molecule has 1 aromatic heterocycles. The second kappa shape index (κ2) is 5.93. The summed E-state index contributed by atoms with van der Waals surface area (Å²) in [7, 11) is 0. The SMILES string of the molecule is O=C(O)c1ccc2nc(NCCc3ccccc3)sc2c1. The molecule has 3 aromatic rings. The summed E-state index contributed by atoms with van der Waals surface area (Å²) in [5, 5.41) is 13.1. The minimum Gasteiger partial charge on any atom is -0.478 e. The summed E-state index contributed by atoms with van der Waals surface area (Å²) in [5.41, 5.74) is 2.40. The van der Waals surface area contributed by atoms with Gasteiger partial charge < -0.3 is 10.4 Å². The fraction of sp³-hybridized carbons (Fsp3) is 0.125. The summed E-state index contributed by atoms with van der Waals surface area (Å²) in [5.74, 6) is -0.913. The number of anilines is 1. The lowest BCUT2D eigenvalue weighted by molar-refractivity contribution is 0.0697. The molecule has 0 radical (unpaired) electrons. The topological polar surface area (TPSA) is 62.2 Å². The van der Waals surface area contributed by atoms with Crippen molar-refractivity contribution in [3.8, 4) is 0 Å². The molecule has 0 spiro atoms. The number of carboxylic acids is 1. The molecule has 0 saturated carbocycles. The Morgan fingerprint density at radius 2 is 2.00 bits per heavy atom. The average molecular weight is 298 g/mol. The van der Waals surface area contributed by atoms with E-state index in [1.54, 1.807) is 18.2 Å². The highest BCUT2D eigenvalue weighted by atomic mass is 32.1. The molecule has 0 aliphatic rings. The maximum atomic E-state index is 10.9. The third-order valence-corrected chi connectivity index (χ3v) is 4.14. The third-order valence-electron chi connectivity index (χ3n) is 3.17. The second-order valence-electron chi connectivity index (χ2n) is 4.67. The van der Waals surface area contributed by atoms with E-state index in [2.05, 4.69) is 22.4 Å². The zero-order chi connectivity index (χ0) is 14.7. The molecule has 0 amide bonds. The van der Waals surface area contributed by atoms with Gasteiger partial charge in [-0.3, -0.25) is 0 Å².